The monoisotopic (exact) mass is 358 g/mol. The Hall–Kier alpha value is -2.60. The van der Waals surface area contributed by atoms with Crippen molar-refractivity contribution in [1.29, 1.82) is 0 Å². The van der Waals surface area contributed by atoms with Crippen molar-refractivity contribution in [1.82, 2.24) is 14.8 Å². The molecule has 2 aromatic heterocycles. The highest BCUT2D eigenvalue weighted by molar-refractivity contribution is 6.31. The lowest BCUT2D eigenvalue weighted by atomic mass is 10.2. The molecule has 0 fully saturated rings. The third kappa shape index (κ3) is 3.91. The lowest BCUT2D eigenvalue weighted by molar-refractivity contribution is -0.118. The molecule has 3 rings (SSSR count). The molecule has 0 unspecified atom stereocenters. The molecule has 0 atom stereocenters. The number of nitrogens with one attached hydrogen (secondary N) is 1. The Morgan fingerprint density at radius 2 is 2.12 bits per heavy atom. The predicted molar refractivity (Wildman–Crippen MR) is 98.2 cm³/mol. The van der Waals surface area contributed by atoms with Gasteiger partial charge in [-0.2, -0.15) is 5.10 Å². The molecule has 1 amide bonds. The molecule has 7 heteroatoms. The summed E-state index contributed by atoms with van der Waals surface area (Å²) in [5.41, 5.74) is 2.30. The fraction of sp³-hybridized carbons (Fsp3) is 0.278. The second-order valence-corrected chi connectivity index (χ2v) is 6.47. The van der Waals surface area contributed by atoms with Gasteiger partial charge in [-0.1, -0.05) is 11.6 Å². The van der Waals surface area contributed by atoms with Gasteiger partial charge in [-0.3, -0.25) is 4.79 Å². The molecular weight excluding hydrogens is 340 g/mol. The number of rotatable bonds is 5. The van der Waals surface area contributed by atoms with Crippen LogP contribution in [0.5, 0.6) is 5.75 Å². The number of amides is 1. The zero-order valence-corrected chi connectivity index (χ0v) is 15.0. The molecule has 1 N–H and O–H groups in total. The molecule has 0 aliphatic rings. The molecule has 0 saturated heterocycles. The standard InChI is InChI=1S/C18H19ClN4O2/c1-11(2)23-18-13(8-21-23)7-14(9-20-18)22-17(24)10-25-15-4-5-16(19)12(3)6-15/h4-9,11H,10H2,1-3H3,(H,22,24). The number of fused-ring (bicyclic) bond motifs is 1. The number of nitrogens with zero attached hydrogens (tertiary/aromatic N) is 3. The molecule has 0 aliphatic carbocycles. The minimum absolute atomic E-state index is 0.0929. The molecule has 3 aromatic rings. The minimum atomic E-state index is -0.259. The maximum atomic E-state index is 12.1. The van der Waals surface area contributed by atoms with Gasteiger partial charge in [0.25, 0.3) is 5.91 Å². The number of pyridine rings is 1. The van der Waals surface area contributed by atoms with Crippen LogP contribution in [0.3, 0.4) is 0 Å². The average Bonchev–Trinajstić information content (AvgIpc) is 2.99. The van der Waals surface area contributed by atoms with E-state index in [1.165, 1.54) is 0 Å². The Balaban J connectivity index is 1.64. The molecule has 6 nitrogen and oxygen atoms in total. The molecule has 0 spiro atoms. The molecule has 0 radical (unpaired) electrons. The highest BCUT2D eigenvalue weighted by atomic mass is 35.5. The van der Waals surface area contributed by atoms with E-state index in [4.69, 9.17) is 16.3 Å². The molecule has 0 bridgehead atoms. The van der Waals surface area contributed by atoms with Gasteiger partial charge in [0.2, 0.25) is 0 Å². The van der Waals surface area contributed by atoms with Gasteiger partial charge in [0.05, 0.1) is 18.1 Å². The first-order valence-corrected chi connectivity index (χ1v) is 8.34. The minimum Gasteiger partial charge on any atom is -0.484 e. The number of aryl methyl sites for hydroxylation is 1. The van der Waals surface area contributed by atoms with Crippen molar-refractivity contribution >= 4 is 34.2 Å². The first-order chi connectivity index (χ1) is 11.9. The largest absolute Gasteiger partial charge is 0.484 e. The summed E-state index contributed by atoms with van der Waals surface area (Å²) in [5, 5.41) is 8.63. The predicted octanol–water partition coefficient (Wildman–Crippen LogP) is 3.99. The summed E-state index contributed by atoms with van der Waals surface area (Å²) in [7, 11) is 0. The van der Waals surface area contributed by atoms with E-state index >= 15 is 0 Å². The molecule has 1 aromatic carbocycles. The number of hydrogen-bond acceptors (Lipinski definition) is 4. The van der Waals surface area contributed by atoms with E-state index in [2.05, 4.69) is 15.4 Å². The zero-order valence-electron chi connectivity index (χ0n) is 14.3. The third-order valence-corrected chi connectivity index (χ3v) is 4.13. The van der Waals surface area contributed by atoms with Crippen LogP contribution in [0.1, 0.15) is 25.5 Å². The summed E-state index contributed by atoms with van der Waals surface area (Å²) in [6.45, 7) is 5.87. The van der Waals surface area contributed by atoms with Crippen molar-refractivity contribution in [2.24, 2.45) is 0 Å². The molecule has 0 aliphatic heterocycles. The van der Waals surface area contributed by atoms with Crippen molar-refractivity contribution in [2.75, 3.05) is 11.9 Å². The van der Waals surface area contributed by atoms with E-state index in [9.17, 15) is 4.79 Å². The zero-order chi connectivity index (χ0) is 18.0. The number of hydrogen-bond donors (Lipinski definition) is 1. The number of benzene rings is 1. The smallest absolute Gasteiger partial charge is 0.262 e. The quantitative estimate of drug-likeness (QED) is 0.748. The molecule has 0 saturated carbocycles. The van der Waals surface area contributed by atoms with Crippen LogP contribution in [0.25, 0.3) is 11.0 Å². The summed E-state index contributed by atoms with van der Waals surface area (Å²) in [5.74, 6) is 0.342. The SMILES string of the molecule is Cc1cc(OCC(=O)Nc2cnc3c(cnn3C(C)C)c2)ccc1Cl. The number of carbonyl (C=O) groups is 1. The Morgan fingerprint density at radius 1 is 1.32 bits per heavy atom. The number of halogens is 1. The van der Waals surface area contributed by atoms with E-state index in [1.807, 2.05) is 31.5 Å². The second-order valence-electron chi connectivity index (χ2n) is 6.07. The van der Waals surface area contributed by atoms with Crippen molar-refractivity contribution < 1.29 is 9.53 Å². The van der Waals surface area contributed by atoms with Crippen LogP contribution in [-0.2, 0) is 4.79 Å². The fourth-order valence-corrected chi connectivity index (χ4v) is 2.56. The summed E-state index contributed by atoms with van der Waals surface area (Å²) < 4.78 is 7.33. The van der Waals surface area contributed by atoms with Crippen LogP contribution in [0.4, 0.5) is 5.69 Å². The average molecular weight is 359 g/mol. The van der Waals surface area contributed by atoms with Crippen LogP contribution in [0.15, 0.2) is 36.7 Å². The maximum Gasteiger partial charge on any atom is 0.262 e. The van der Waals surface area contributed by atoms with E-state index < -0.39 is 0 Å². The highest BCUT2D eigenvalue weighted by Gasteiger charge is 2.10. The van der Waals surface area contributed by atoms with Crippen molar-refractivity contribution in [3.05, 3.63) is 47.2 Å². The molecular formula is C18H19ClN4O2. The van der Waals surface area contributed by atoms with Gasteiger partial charge >= 0.3 is 0 Å². The van der Waals surface area contributed by atoms with Crippen molar-refractivity contribution in [3.8, 4) is 5.75 Å². The topological polar surface area (TPSA) is 69.0 Å². The number of aromatic nitrogens is 3. The highest BCUT2D eigenvalue weighted by Crippen LogP contribution is 2.21. The first-order valence-electron chi connectivity index (χ1n) is 7.96. The van der Waals surface area contributed by atoms with Crippen molar-refractivity contribution in [3.63, 3.8) is 0 Å². The molecule has 2 heterocycles. The van der Waals surface area contributed by atoms with Gasteiger partial charge in [0.15, 0.2) is 12.3 Å². The summed E-state index contributed by atoms with van der Waals surface area (Å²) in [4.78, 5) is 16.5. The summed E-state index contributed by atoms with van der Waals surface area (Å²) in [6, 6.07) is 7.34. The first kappa shape index (κ1) is 17.2. The van der Waals surface area contributed by atoms with Gasteiger partial charge in [0, 0.05) is 16.5 Å². The molecule has 130 valence electrons. The Bertz CT molecular complexity index is 921. The summed E-state index contributed by atoms with van der Waals surface area (Å²) >= 11 is 5.97. The number of ether oxygens (including phenoxy) is 1. The second kappa shape index (κ2) is 7.11. The lowest BCUT2D eigenvalue weighted by Gasteiger charge is -2.09. The Morgan fingerprint density at radius 3 is 2.84 bits per heavy atom. The molecule has 25 heavy (non-hydrogen) atoms. The third-order valence-electron chi connectivity index (χ3n) is 3.71. The lowest BCUT2D eigenvalue weighted by Crippen LogP contribution is -2.20. The normalized spacial score (nSPS) is 11.1. The number of carbonyl (C=O) groups excluding carboxylic acids is 1. The fourth-order valence-electron chi connectivity index (χ4n) is 2.44. The van der Waals surface area contributed by atoms with E-state index in [-0.39, 0.29) is 18.6 Å². The summed E-state index contributed by atoms with van der Waals surface area (Å²) in [6.07, 6.45) is 3.36. The van der Waals surface area contributed by atoms with Crippen LogP contribution < -0.4 is 10.1 Å². The van der Waals surface area contributed by atoms with E-state index in [0.29, 0.717) is 16.5 Å². The van der Waals surface area contributed by atoms with Gasteiger partial charge in [0.1, 0.15) is 5.75 Å². The number of anilines is 1. The van der Waals surface area contributed by atoms with Gasteiger partial charge in [-0.25, -0.2) is 9.67 Å². The van der Waals surface area contributed by atoms with Crippen LogP contribution in [0, 0.1) is 6.92 Å². The van der Waals surface area contributed by atoms with Gasteiger partial charge < -0.3 is 10.1 Å². The maximum absolute atomic E-state index is 12.1. The van der Waals surface area contributed by atoms with E-state index in [0.717, 1.165) is 16.6 Å². The van der Waals surface area contributed by atoms with Crippen LogP contribution in [-0.4, -0.2) is 27.3 Å². The van der Waals surface area contributed by atoms with Crippen molar-refractivity contribution in [2.45, 2.75) is 26.8 Å². The van der Waals surface area contributed by atoms with Crippen LogP contribution >= 0.6 is 11.6 Å². The Kier molecular flexibility index (Phi) is 4.90. The Labute approximate surface area is 150 Å². The van der Waals surface area contributed by atoms with Crippen LogP contribution in [0.2, 0.25) is 5.02 Å². The van der Waals surface area contributed by atoms with Gasteiger partial charge in [-0.15, -0.1) is 0 Å². The van der Waals surface area contributed by atoms with Gasteiger partial charge in [-0.05, 0) is 50.6 Å². The van der Waals surface area contributed by atoms with E-state index in [1.54, 1.807) is 30.6 Å².